The van der Waals surface area contributed by atoms with Crippen LogP contribution in [0, 0.1) is 0 Å². The smallest absolute Gasteiger partial charge is 0.265 e. The Hall–Kier alpha value is -2.51. The SMILES string of the molecule is FC(F)(F)c1cc(-c2ccncc2)n2ncnc2n1. The van der Waals surface area contributed by atoms with Crippen LogP contribution in [0.1, 0.15) is 5.69 Å². The number of nitrogens with zero attached hydrogens (tertiary/aromatic N) is 5. The van der Waals surface area contributed by atoms with Crippen molar-refractivity contribution in [1.29, 1.82) is 0 Å². The fourth-order valence-corrected chi connectivity index (χ4v) is 1.69. The average Bonchev–Trinajstić information content (AvgIpc) is 2.85. The monoisotopic (exact) mass is 265 g/mol. The molecule has 0 saturated heterocycles. The maximum atomic E-state index is 12.8. The first-order chi connectivity index (χ1) is 9.05. The van der Waals surface area contributed by atoms with Crippen molar-refractivity contribution in [1.82, 2.24) is 24.6 Å². The first-order valence-corrected chi connectivity index (χ1v) is 5.24. The Morgan fingerprint density at radius 2 is 1.84 bits per heavy atom. The summed E-state index contributed by atoms with van der Waals surface area (Å²) >= 11 is 0. The van der Waals surface area contributed by atoms with Crippen molar-refractivity contribution < 1.29 is 13.2 Å². The molecular formula is C11H6F3N5. The Morgan fingerprint density at radius 3 is 2.53 bits per heavy atom. The van der Waals surface area contributed by atoms with Crippen molar-refractivity contribution in [3.63, 3.8) is 0 Å². The third-order valence-corrected chi connectivity index (χ3v) is 2.52. The van der Waals surface area contributed by atoms with Gasteiger partial charge in [0.25, 0.3) is 5.78 Å². The van der Waals surface area contributed by atoms with Gasteiger partial charge in [0.1, 0.15) is 6.33 Å². The van der Waals surface area contributed by atoms with Crippen LogP contribution in [0.5, 0.6) is 0 Å². The second kappa shape index (κ2) is 4.01. The van der Waals surface area contributed by atoms with Gasteiger partial charge in [0.2, 0.25) is 0 Å². The second-order valence-electron chi connectivity index (χ2n) is 3.73. The molecule has 0 fully saturated rings. The Bertz CT molecular complexity index is 720. The maximum Gasteiger partial charge on any atom is 0.433 e. The van der Waals surface area contributed by atoms with Crippen molar-refractivity contribution in [3.05, 3.63) is 42.6 Å². The number of hydrogen-bond donors (Lipinski definition) is 0. The molecule has 0 N–H and O–H groups in total. The maximum absolute atomic E-state index is 12.8. The van der Waals surface area contributed by atoms with Gasteiger partial charge in [0.15, 0.2) is 5.69 Å². The van der Waals surface area contributed by atoms with Crippen LogP contribution < -0.4 is 0 Å². The van der Waals surface area contributed by atoms with Gasteiger partial charge in [-0.1, -0.05) is 0 Å². The van der Waals surface area contributed by atoms with E-state index in [1.807, 2.05) is 0 Å². The van der Waals surface area contributed by atoms with Crippen LogP contribution >= 0.6 is 0 Å². The molecule has 3 rings (SSSR count). The summed E-state index contributed by atoms with van der Waals surface area (Å²) in [5.74, 6) is -0.0957. The molecular weight excluding hydrogens is 259 g/mol. The molecule has 0 radical (unpaired) electrons. The van der Waals surface area contributed by atoms with Crippen LogP contribution in [0.3, 0.4) is 0 Å². The zero-order valence-corrected chi connectivity index (χ0v) is 9.33. The Morgan fingerprint density at radius 1 is 1.11 bits per heavy atom. The molecule has 0 aliphatic carbocycles. The molecule has 0 unspecified atom stereocenters. The number of hydrogen-bond acceptors (Lipinski definition) is 4. The van der Waals surface area contributed by atoms with Crippen LogP contribution in [0.4, 0.5) is 13.2 Å². The molecule has 0 saturated carbocycles. The Kier molecular flexibility index (Phi) is 2.44. The van der Waals surface area contributed by atoms with E-state index in [2.05, 4.69) is 20.1 Å². The minimum atomic E-state index is -4.53. The van der Waals surface area contributed by atoms with Crippen LogP contribution in [0.2, 0.25) is 0 Å². The van der Waals surface area contributed by atoms with E-state index in [1.165, 1.54) is 16.9 Å². The van der Waals surface area contributed by atoms with Crippen LogP contribution in [-0.2, 0) is 6.18 Å². The van der Waals surface area contributed by atoms with Gasteiger partial charge in [-0.3, -0.25) is 4.98 Å². The van der Waals surface area contributed by atoms with E-state index in [1.54, 1.807) is 12.1 Å². The summed E-state index contributed by atoms with van der Waals surface area (Å²) in [7, 11) is 0. The largest absolute Gasteiger partial charge is 0.433 e. The molecule has 3 heterocycles. The fraction of sp³-hybridized carbons (Fsp3) is 0.0909. The minimum Gasteiger partial charge on any atom is -0.265 e. The first-order valence-electron chi connectivity index (χ1n) is 5.24. The molecule has 0 amide bonds. The lowest BCUT2D eigenvalue weighted by Gasteiger charge is -2.09. The Balaban J connectivity index is 2.31. The molecule has 0 atom stereocenters. The predicted octanol–water partition coefficient (Wildman–Crippen LogP) is 2.21. The second-order valence-corrected chi connectivity index (χ2v) is 3.73. The van der Waals surface area contributed by atoms with E-state index >= 15 is 0 Å². The zero-order chi connectivity index (χ0) is 13.5. The molecule has 0 spiro atoms. The molecule has 3 aromatic heterocycles. The topological polar surface area (TPSA) is 56.0 Å². The van der Waals surface area contributed by atoms with Gasteiger partial charge in [-0.25, -0.2) is 4.98 Å². The standard InChI is InChI=1S/C11H6F3N5/c12-11(13,14)9-5-8(7-1-3-15-4-2-7)19-10(18-9)16-6-17-19/h1-6H. The highest BCUT2D eigenvalue weighted by atomic mass is 19.4. The third-order valence-electron chi connectivity index (χ3n) is 2.52. The molecule has 0 bridgehead atoms. The lowest BCUT2D eigenvalue weighted by molar-refractivity contribution is -0.141. The highest BCUT2D eigenvalue weighted by Gasteiger charge is 2.34. The molecule has 5 nitrogen and oxygen atoms in total. The van der Waals surface area contributed by atoms with Gasteiger partial charge in [-0.15, -0.1) is 0 Å². The number of fused-ring (bicyclic) bond motifs is 1. The predicted molar refractivity (Wildman–Crippen MR) is 59.0 cm³/mol. The summed E-state index contributed by atoms with van der Waals surface area (Å²) in [4.78, 5) is 11.0. The quantitative estimate of drug-likeness (QED) is 0.677. The summed E-state index contributed by atoms with van der Waals surface area (Å²) in [6, 6.07) is 4.13. The van der Waals surface area contributed by atoms with Crippen molar-refractivity contribution in [2.24, 2.45) is 0 Å². The third kappa shape index (κ3) is 2.01. The van der Waals surface area contributed by atoms with Crippen molar-refractivity contribution in [3.8, 4) is 11.3 Å². The number of halogens is 3. The van der Waals surface area contributed by atoms with Gasteiger partial charge in [-0.05, 0) is 18.2 Å². The first kappa shape index (κ1) is 11.6. The summed E-state index contributed by atoms with van der Waals surface area (Å²) < 4.78 is 39.6. The van der Waals surface area contributed by atoms with E-state index in [9.17, 15) is 13.2 Å². The molecule has 3 aromatic rings. The van der Waals surface area contributed by atoms with Gasteiger partial charge >= 0.3 is 6.18 Å². The molecule has 0 aliphatic rings. The summed E-state index contributed by atoms with van der Waals surface area (Å²) in [5, 5.41) is 3.87. The van der Waals surface area contributed by atoms with Crippen molar-refractivity contribution in [2.45, 2.75) is 6.18 Å². The van der Waals surface area contributed by atoms with E-state index in [4.69, 9.17) is 0 Å². The number of pyridine rings is 1. The van der Waals surface area contributed by atoms with Crippen LogP contribution in [0.15, 0.2) is 36.9 Å². The summed E-state index contributed by atoms with van der Waals surface area (Å²) in [6.07, 6.45) is -0.389. The molecule has 19 heavy (non-hydrogen) atoms. The lowest BCUT2D eigenvalue weighted by atomic mass is 10.1. The summed E-state index contributed by atoms with van der Waals surface area (Å²) in [6.45, 7) is 0. The van der Waals surface area contributed by atoms with Crippen LogP contribution in [-0.4, -0.2) is 24.6 Å². The van der Waals surface area contributed by atoms with Gasteiger partial charge in [0.05, 0.1) is 5.69 Å². The number of alkyl halides is 3. The fourth-order valence-electron chi connectivity index (χ4n) is 1.69. The van der Waals surface area contributed by atoms with Gasteiger partial charge < -0.3 is 0 Å². The number of aromatic nitrogens is 5. The molecule has 0 aromatic carbocycles. The molecule has 96 valence electrons. The van der Waals surface area contributed by atoms with E-state index < -0.39 is 11.9 Å². The van der Waals surface area contributed by atoms with E-state index in [0.29, 0.717) is 5.56 Å². The summed E-state index contributed by atoms with van der Waals surface area (Å²) in [5.41, 5.74) is -0.185. The van der Waals surface area contributed by atoms with E-state index in [-0.39, 0.29) is 11.5 Å². The lowest BCUT2D eigenvalue weighted by Crippen LogP contribution is -2.11. The molecule has 0 aliphatic heterocycles. The highest BCUT2D eigenvalue weighted by Crippen LogP contribution is 2.30. The van der Waals surface area contributed by atoms with Crippen LogP contribution in [0.25, 0.3) is 17.0 Å². The molecule has 8 heteroatoms. The van der Waals surface area contributed by atoms with Crippen molar-refractivity contribution in [2.75, 3.05) is 0 Å². The average molecular weight is 265 g/mol. The van der Waals surface area contributed by atoms with Crippen molar-refractivity contribution >= 4 is 5.78 Å². The van der Waals surface area contributed by atoms with Gasteiger partial charge in [-0.2, -0.15) is 27.8 Å². The normalized spacial score (nSPS) is 11.9. The highest BCUT2D eigenvalue weighted by molar-refractivity contribution is 5.61. The minimum absolute atomic E-state index is 0.0957. The number of rotatable bonds is 1. The van der Waals surface area contributed by atoms with E-state index in [0.717, 1.165) is 12.4 Å². The zero-order valence-electron chi connectivity index (χ0n) is 9.33. The van der Waals surface area contributed by atoms with Gasteiger partial charge in [0, 0.05) is 18.0 Å². The Labute approximate surface area is 104 Å².